The highest BCUT2D eigenvalue weighted by Crippen LogP contribution is 2.61. The van der Waals surface area contributed by atoms with Gasteiger partial charge in [-0.2, -0.15) is 0 Å². The van der Waals surface area contributed by atoms with E-state index < -0.39 is 0 Å². The van der Waals surface area contributed by atoms with Gasteiger partial charge in [-0.05, 0) is 60.3 Å². The topological polar surface area (TPSA) is 65.2 Å². The second kappa shape index (κ2) is 7.54. The van der Waals surface area contributed by atoms with Crippen LogP contribution in [0.5, 0.6) is 0 Å². The van der Waals surface area contributed by atoms with Crippen molar-refractivity contribution in [3.8, 4) is 0 Å². The van der Waals surface area contributed by atoms with Gasteiger partial charge in [-0.1, -0.05) is 50.6 Å². The van der Waals surface area contributed by atoms with Crippen LogP contribution in [0.25, 0.3) is 0 Å². The third-order valence-corrected chi connectivity index (χ3v) is 6.57. The molecular formula is C20H32N2O2. The maximum atomic E-state index is 8.84. The summed E-state index contributed by atoms with van der Waals surface area (Å²) in [5, 5.41) is 23.6. The van der Waals surface area contributed by atoms with Gasteiger partial charge in [0.1, 0.15) is 0 Å². The first kappa shape index (κ1) is 18.8. The molecule has 3 atom stereocenters. The molecule has 4 nitrogen and oxygen atoms in total. The van der Waals surface area contributed by atoms with E-state index in [9.17, 15) is 0 Å². The Morgan fingerprint density at radius 3 is 2.67 bits per heavy atom. The van der Waals surface area contributed by atoms with Gasteiger partial charge in [-0.25, -0.2) is 0 Å². The quantitative estimate of drug-likeness (QED) is 0.306. The number of rotatable bonds is 5. The molecule has 0 unspecified atom stereocenters. The van der Waals surface area contributed by atoms with Gasteiger partial charge >= 0.3 is 0 Å². The molecule has 4 heteroatoms. The molecule has 0 spiro atoms. The third-order valence-electron chi connectivity index (χ3n) is 6.57. The van der Waals surface area contributed by atoms with Crippen LogP contribution in [0.1, 0.15) is 65.7 Å². The summed E-state index contributed by atoms with van der Waals surface area (Å²) < 4.78 is 0. The monoisotopic (exact) mass is 332 g/mol. The van der Waals surface area contributed by atoms with Crippen molar-refractivity contribution >= 4 is 12.4 Å². The van der Waals surface area contributed by atoms with Crippen molar-refractivity contribution in [1.82, 2.24) is 0 Å². The fourth-order valence-corrected chi connectivity index (χ4v) is 5.39. The summed E-state index contributed by atoms with van der Waals surface area (Å²) in [4.78, 5) is 0. The van der Waals surface area contributed by atoms with Crippen molar-refractivity contribution in [3.63, 3.8) is 0 Å². The minimum atomic E-state index is 0.292. The van der Waals surface area contributed by atoms with Crippen LogP contribution < -0.4 is 0 Å². The van der Waals surface area contributed by atoms with Gasteiger partial charge in [0.25, 0.3) is 0 Å². The molecule has 0 saturated heterocycles. The van der Waals surface area contributed by atoms with Crippen LogP contribution in [-0.4, -0.2) is 22.8 Å². The lowest BCUT2D eigenvalue weighted by Gasteiger charge is -2.58. The van der Waals surface area contributed by atoms with Gasteiger partial charge in [0, 0.05) is 12.6 Å². The molecule has 0 amide bonds. The smallest absolute Gasteiger partial charge is 0.0694 e. The van der Waals surface area contributed by atoms with Crippen LogP contribution in [-0.2, 0) is 0 Å². The Balaban J connectivity index is 2.24. The Bertz CT molecular complexity index is 548. The number of fused-ring (bicyclic) bond motifs is 1. The summed E-state index contributed by atoms with van der Waals surface area (Å²) in [6.45, 7) is 11.7. The van der Waals surface area contributed by atoms with Crippen LogP contribution in [0.15, 0.2) is 34.1 Å². The van der Waals surface area contributed by atoms with E-state index in [0.29, 0.717) is 23.2 Å². The zero-order valence-electron chi connectivity index (χ0n) is 15.3. The number of hydrogen-bond acceptors (Lipinski definition) is 4. The van der Waals surface area contributed by atoms with E-state index in [1.807, 2.05) is 0 Å². The van der Waals surface area contributed by atoms with Gasteiger partial charge in [0.05, 0.1) is 6.21 Å². The molecule has 134 valence electrons. The second-order valence-corrected chi connectivity index (χ2v) is 8.41. The molecule has 2 aliphatic rings. The van der Waals surface area contributed by atoms with Crippen molar-refractivity contribution in [2.75, 3.05) is 0 Å². The molecule has 2 aliphatic carbocycles. The Morgan fingerprint density at radius 1 is 1.25 bits per heavy atom. The van der Waals surface area contributed by atoms with Crippen molar-refractivity contribution in [3.05, 3.63) is 23.8 Å². The van der Waals surface area contributed by atoms with Gasteiger partial charge in [-0.3, -0.25) is 0 Å². The Labute approximate surface area is 146 Å². The van der Waals surface area contributed by atoms with E-state index in [2.05, 4.69) is 43.7 Å². The molecule has 2 N–H and O–H groups in total. The zero-order valence-corrected chi connectivity index (χ0v) is 15.3. The second-order valence-electron chi connectivity index (χ2n) is 8.41. The highest BCUT2D eigenvalue weighted by atomic mass is 16.4. The molecule has 0 radical (unpaired) electrons. The van der Waals surface area contributed by atoms with Gasteiger partial charge in [0.2, 0.25) is 0 Å². The maximum Gasteiger partial charge on any atom is 0.0694 e. The van der Waals surface area contributed by atoms with Crippen molar-refractivity contribution in [2.24, 2.45) is 33.0 Å². The van der Waals surface area contributed by atoms with Crippen LogP contribution in [0.3, 0.4) is 0 Å². The molecule has 0 aromatic rings. The number of oxime groups is 2. The SMILES string of the molecule is C=C1CC[C@H]2C(C)(C)CCC[C@]2(C)[C@H]1C/C=C(/C=N/O)C/C=N/O. The lowest BCUT2D eigenvalue weighted by atomic mass is 9.47. The minimum absolute atomic E-state index is 0.292. The van der Waals surface area contributed by atoms with Gasteiger partial charge in [0.15, 0.2) is 0 Å². The first-order valence-corrected chi connectivity index (χ1v) is 9.05. The van der Waals surface area contributed by atoms with E-state index >= 15 is 0 Å². The first-order chi connectivity index (χ1) is 11.3. The fourth-order valence-electron chi connectivity index (χ4n) is 5.39. The van der Waals surface area contributed by atoms with E-state index in [1.165, 1.54) is 43.7 Å². The van der Waals surface area contributed by atoms with E-state index in [1.54, 1.807) is 0 Å². The van der Waals surface area contributed by atoms with Crippen LogP contribution in [0.4, 0.5) is 0 Å². The van der Waals surface area contributed by atoms with Crippen LogP contribution >= 0.6 is 0 Å². The van der Waals surface area contributed by atoms with E-state index in [4.69, 9.17) is 10.4 Å². The van der Waals surface area contributed by atoms with Crippen molar-refractivity contribution in [1.29, 1.82) is 0 Å². The van der Waals surface area contributed by atoms with E-state index in [0.717, 1.165) is 24.3 Å². The van der Waals surface area contributed by atoms with Gasteiger partial charge < -0.3 is 10.4 Å². The third kappa shape index (κ3) is 3.73. The standard InChI is InChI=1S/C20H32N2O2/c1-15-6-9-18-19(2,3)11-5-12-20(18,4)17(15)8-7-16(14-22-24)10-13-21-23/h7,13-14,17-18,23-24H,1,5-6,8-12H2,2-4H3/b16-7+,21-13+,22-14+/t17-,18-,20+/m0/s1. The molecule has 0 heterocycles. The normalized spacial score (nSPS) is 34.0. The summed E-state index contributed by atoms with van der Waals surface area (Å²) in [7, 11) is 0. The Kier molecular flexibility index (Phi) is 5.89. The molecular weight excluding hydrogens is 300 g/mol. The summed E-state index contributed by atoms with van der Waals surface area (Å²) >= 11 is 0. The average molecular weight is 332 g/mol. The van der Waals surface area contributed by atoms with Crippen LogP contribution in [0, 0.1) is 22.7 Å². The number of allylic oxidation sites excluding steroid dienone is 3. The fraction of sp³-hybridized carbons (Fsp3) is 0.700. The van der Waals surface area contributed by atoms with Crippen molar-refractivity contribution in [2.45, 2.75) is 65.7 Å². The predicted octanol–water partition coefficient (Wildman–Crippen LogP) is 5.41. The molecule has 0 aliphatic heterocycles. The van der Waals surface area contributed by atoms with Crippen LogP contribution in [0.2, 0.25) is 0 Å². The summed E-state index contributed by atoms with van der Waals surface area (Å²) in [5.41, 5.74) is 2.91. The minimum Gasteiger partial charge on any atom is -0.411 e. The van der Waals surface area contributed by atoms with E-state index in [-0.39, 0.29) is 0 Å². The summed E-state index contributed by atoms with van der Waals surface area (Å²) in [6, 6.07) is 0. The number of nitrogens with zero attached hydrogens (tertiary/aromatic N) is 2. The molecule has 2 rings (SSSR count). The summed E-state index contributed by atoms with van der Waals surface area (Å²) in [5.74, 6) is 1.19. The highest BCUT2D eigenvalue weighted by molar-refractivity contribution is 5.83. The molecule has 0 aromatic heterocycles. The molecule has 2 saturated carbocycles. The molecule has 24 heavy (non-hydrogen) atoms. The first-order valence-electron chi connectivity index (χ1n) is 9.05. The maximum absolute atomic E-state index is 8.84. The number of hydrogen-bond donors (Lipinski definition) is 2. The average Bonchev–Trinajstić information content (AvgIpc) is 2.50. The zero-order chi connectivity index (χ0) is 17.8. The molecule has 0 aromatic carbocycles. The Morgan fingerprint density at radius 2 is 2.00 bits per heavy atom. The summed E-state index contributed by atoms with van der Waals surface area (Å²) in [6.07, 6.45) is 12.6. The largest absolute Gasteiger partial charge is 0.411 e. The lowest BCUT2D eigenvalue weighted by Crippen LogP contribution is -2.49. The molecule has 2 fully saturated rings. The lowest BCUT2D eigenvalue weighted by molar-refractivity contribution is -0.0510. The Hall–Kier alpha value is -1.58. The van der Waals surface area contributed by atoms with Gasteiger partial charge in [-0.15, -0.1) is 5.16 Å². The molecule has 0 bridgehead atoms. The predicted molar refractivity (Wildman–Crippen MR) is 99.0 cm³/mol. The highest BCUT2D eigenvalue weighted by Gasteiger charge is 2.52. The van der Waals surface area contributed by atoms with Crippen molar-refractivity contribution < 1.29 is 10.4 Å².